The van der Waals surface area contributed by atoms with E-state index in [2.05, 4.69) is 6.58 Å². The van der Waals surface area contributed by atoms with E-state index in [1.165, 1.54) is 0 Å². The monoisotopic (exact) mass is 331 g/mol. The van der Waals surface area contributed by atoms with E-state index in [1.54, 1.807) is 19.1 Å². The number of hydrogen-bond donors (Lipinski definition) is 0. The Bertz CT molecular complexity index is 861. The molecule has 0 atom stereocenters. The third kappa shape index (κ3) is 3.45. The first-order chi connectivity index (χ1) is 12.0. The lowest BCUT2D eigenvalue weighted by atomic mass is 9.96. The fourth-order valence-electron chi connectivity index (χ4n) is 3.15. The highest BCUT2D eigenvalue weighted by atomic mass is 16.2. The van der Waals surface area contributed by atoms with Crippen LogP contribution in [0.2, 0.25) is 0 Å². The summed E-state index contributed by atoms with van der Waals surface area (Å²) in [6.07, 6.45) is 0. The Labute approximate surface area is 148 Å². The number of amides is 1. The Morgan fingerprint density at radius 2 is 1.64 bits per heavy atom. The van der Waals surface area contributed by atoms with E-state index in [1.807, 2.05) is 54.3 Å². The average molecular weight is 331 g/mol. The van der Waals surface area contributed by atoms with Gasteiger partial charge in [0.25, 0.3) is 5.91 Å². The number of hydrogen-bond acceptors (Lipinski definition) is 2. The summed E-state index contributed by atoms with van der Waals surface area (Å²) in [6, 6.07) is 17.2. The lowest BCUT2D eigenvalue weighted by molar-refractivity contribution is -0.125. The Hall–Kier alpha value is -2.94. The topological polar surface area (TPSA) is 37.4 Å². The predicted molar refractivity (Wildman–Crippen MR) is 100 cm³/mol. The average Bonchev–Trinajstić information content (AvgIpc) is 2.89. The van der Waals surface area contributed by atoms with E-state index in [4.69, 9.17) is 0 Å². The smallest absolute Gasteiger partial charge is 0.255 e. The van der Waals surface area contributed by atoms with E-state index in [0.717, 1.165) is 16.7 Å². The van der Waals surface area contributed by atoms with E-state index >= 15 is 0 Å². The van der Waals surface area contributed by atoms with Crippen LogP contribution in [0.15, 0.2) is 72.3 Å². The molecular formula is C22H21NO2. The van der Waals surface area contributed by atoms with Crippen LogP contribution in [0, 0.1) is 0 Å². The van der Waals surface area contributed by atoms with E-state index in [-0.39, 0.29) is 11.7 Å². The largest absolute Gasteiger partial charge is 0.330 e. The third-order valence-electron chi connectivity index (χ3n) is 4.51. The molecule has 2 aromatic rings. The second-order valence-corrected chi connectivity index (χ2v) is 6.41. The molecule has 3 heteroatoms. The van der Waals surface area contributed by atoms with Crippen molar-refractivity contribution >= 4 is 17.3 Å². The van der Waals surface area contributed by atoms with Crippen molar-refractivity contribution < 1.29 is 9.59 Å². The van der Waals surface area contributed by atoms with Gasteiger partial charge in [-0.3, -0.25) is 9.59 Å². The Morgan fingerprint density at radius 1 is 1.04 bits per heavy atom. The van der Waals surface area contributed by atoms with Gasteiger partial charge in [-0.25, -0.2) is 0 Å². The number of carbonyl (C=O) groups excluding carboxylic acids is 2. The van der Waals surface area contributed by atoms with Crippen LogP contribution >= 0.6 is 0 Å². The second-order valence-electron chi connectivity index (χ2n) is 6.41. The first-order valence-corrected chi connectivity index (χ1v) is 8.31. The maximum atomic E-state index is 12.9. The molecule has 0 spiro atoms. The molecule has 2 aromatic carbocycles. The lowest BCUT2D eigenvalue weighted by Crippen LogP contribution is -2.26. The molecule has 1 amide bonds. The molecule has 0 bridgehead atoms. The Balaban J connectivity index is 1.79. The van der Waals surface area contributed by atoms with Gasteiger partial charge in [-0.15, -0.1) is 0 Å². The molecule has 126 valence electrons. The molecule has 0 saturated carbocycles. The van der Waals surface area contributed by atoms with E-state index < -0.39 is 0 Å². The third-order valence-corrected chi connectivity index (χ3v) is 4.51. The summed E-state index contributed by atoms with van der Waals surface area (Å²) >= 11 is 0. The number of nitrogens with zero attached hydrogens (tertiary/aromatic N) is 1. The second kappa shape index (κ2) is 6.89. The minimum absolute atomic E-state index is 0.0157. The van der Waals surface area contributed by atoms with Crippen LogP contribution in [-0.2, 0) is 11.3 Å². The van der Waals surface area contributed by atoms with Gasteiger partial charge in [-0.05, 0) is 36.1 Å². The van der Waals surface area contributed by atoms with Gasteiger partial charge < -0.3 is 4.90 Å². The van der Waals surface area contributed by atoms with Gasteiger partial charge >= 0.3 is 0 Å². The van der Waals surface area contributed by atoms with Gasteiger partial charge in [-0.1, -0.05) is 61.2 Å². The summed E-state index contributed by atoms with van der Waals surface area (Å²) < 4.78 is 0. The van der Waals surface area contributed by atoms with Crippen molar-refractivity contribution in [1.29, 1.82) is 0 Å². The predicted octanol–water partition coefficient (Wildman–Crippen LogP) is 4.26. The number of Topliss-reactive ketones (excluding diaryl/α,β-unsaturated/α-hetero) is 1. The molecular weight excluding hydrogens is 310 g/mol. The SMILES string of the molecule is C=C(C1=C(C)CN(Cc2ccccc2)C1=O)c1ccc(C(C)=O)cc1. The lowest BCUT2D eigenvalue weighted by Gasteiger charge is -2.17. The molecule has 0 aliphatic carbocycles. The van der Waals surface area contributed by atoms with Crippen LogP contribution in [0.4, 0.5) is 0 Å². The molecule has 0 aromatic heterocycles. The van der Waals surface area contributed by atoms with Gasteiger partial charge in [0.1, 0.15) is 0 Å². The molecule has 1 aliphatic heterocycles. The maximum Gasteiger partial charge on any atom is 0.255 e. The zero-order valence-electron chi connectivity index (χ0n) is 14.6. The first-order valence-electron chi connectivity index (χ1n) is 8.31. The number of ketones is 1. The van der Waals surface area contributed by atoms with Crippen LogP contribution in [0.1, 0.15) is 35.3 Å². The summed E-state index contributed by atoms with van der Waals surface area (Å²) in [6.45, 7) is 8.87. The quantitative estimate of drug-likeness (QED) is 0.768. The summed E-state index contributed by atoms with van der Waals surface area (Å²) in [7, 11) is 0. The summed E-state index contributed by atoms with van der Waals surface area (Å²) in [5.74, 6) is 0.0422. The van der Waals surface area contributed by atoms with Gasteiger partial charge in [0.15, 0.2) is 5.78 Å². The summed E-state index contributed by atoms with van der Waals surface area (Å²) in [5, 5.41) is 0. The molecule has 25 heavy (non-hydrogen) atoms. The highest BCUT2D eigenvalue weighted by molar-refractivity contribution is 6.11. The highest BCUT2D eigenvalue weighted by Crippen LogP contribution is 2.31. The van der Waals surface area contributed by atoms with E-state index in [9.17, 15) is 9.59 Å². The summed E-state index contributed by atoms with van der Waals surface area (Å²) in [4.78, 5) is 26.1. The van der Waals surface area contributed by atoms with Crippen molar-refractivity contribution in [2.75, 3.05) is 6.54 Å². The molecule has 1 aliphatic rings. The fourth-order valence-corrected chi connectivity index (χ4v) is 3.15. The van der Waals surface area contributed by atoms with Crippen molar-refractivity contribution in [2.24, 2.45) is 0 Å². The molecule has 3 nitrogen and oxygen atoms in total. The molecule has 0 radical (unpaired) electrons. The molecule has 0 fully saturated rings. The number of benzene rings is 2. The molecule has 3 rings (SSSR count). The molecule has 0 unspecified atom stereocenters. The van der Waals surface area contributed by atoms with Crippen LogP contribution in [0.3, 0.4) is 0 Å². The fraction of sp³-hybridized carbons (Fsp3) is 0.182. The van der Waals surface area contributed by atoms with Gasteiger partial charge in [0.05, 0.1) is 0 Å². The first kappa shape index (κ1) is 16.9. The van der Waals surface area contributed by atoms with Crippen molar-refractivity contribution in [1.82, 2.24) is 4.90 Å². The standard InChI is InChI=1S/C22H21NO2/c1-15-13-23(14-18-7-5-4-6-8-18)22(25)21(15)16(2)19-9-11-20(12-10-19)17(3)24/h4-12H,2,13-14H2,1,3H3. The van der Waals surface area contributed by atoms with Crippen LogP contribution in [-0.4, -0.2) is 23.1 Å². The number of carbonyl (C=O) groups is 2. The van der Waals surface area contributed by atoms with E-state index in [0.29, 0.717) is 29.8 Å². The molecule has 0 N–H and O–H groups in total. The molecule has 0 saturated heterocycles. The minimum Gasteiger partial charge on any atom is -0.330 e. The highest BCUT2D eigenvalue weighted by Gasteiger charge is 2.30. The van der Waals surface area contributed by atoms with Crippen molar-refractivity contribution in [2.45, 2.75) is 20.4 Å². The van der Waals surface area contributed by atoms with Crippen molar-refractivity contribution in [3.63, 3.8) is 0 Å². The van der Waals surface area contributed by atoms with Crippen LogP contribution < -0.4 is 0 Å². The maximum absolute atomic E-state index is 12.9. The van der Waals surface area contributed by atoms with Crippen molar-refractivity contribution in [3.8, 4) is 0 Å². The van der Waals surface area contributed by atoms with Crippen molar-refractivity contribution in [3.05, 3.63) is 89.0 Å². The normalized spacial score (nSPS) is 14.2. The molecule has 1 heterocycles. The minimum atomic E-state index is 0.0157. The van der Waals surface area contributed by atoms with Gasteiger partial charge in [-0.2, -0.15) is 0 Å². The zero-order chi connectivity index (χ0) is 18.0. The number of rotatable bonds is 5. The van der Waals surface area contributed by atoms with Crippen LogP contribution in [0.25, 0.3) is 5.57 Å². The van der Waals surface area contributed by atoms with Crippen LogP contribution in [0.5, 0.6) is 0 Å². The zero-order valence-corrected chi connectivity index (χ0v) is 14.6. The summed E-state index contributed by atoms with van der Waals surface area (Å²) in [5.41, 5.74) is 5.07. The Kier molecular flexibility index (Phi) is 4.66. The Morgan fingerprint density at radius 3 is 2.24 bits per heavy atom. The van der Waals surface area contributed by atoms with Gasteiger partial charge in [0.2, 0.25) is 0 Å². The van der Waals surface area contributed by atoms with Gasteiger partial charge in [0, 0.05) is 24.2 Å².